The van der Waals surface area contributed by atoms with Crippen molar-refractivity contribution in [3.63, 3.8) is 0 Å². The van der Waals surface area contributed by atoms with E-state index in [-0.39, 0.29) is 12.1 Å². The first-order valence-electron chi connectivity index (χ1n) is 6.50. The number of amidine groups is 1. The van der Waals surface area contributed by atoms with Crippen molar-refractivity contribution < 1.29 is 9.22 Å². The van der Waals surface area contributed by atoms with Crippen LogP contribution in [0.1, 0.15) is 6.92 Å². The van der Waals surface area contributed by atoms with Gasteiger partial charge in [-0.15, -0.1) is 0 Å². The Morgan fingerprint density at radius 1 is 1.32 bits per heavy atom. The third-order valence-electron chi connectivity index (χ3n) is 2.41. The van der Waals surface area contributed by atoms with E-state index < -0.39 is 16.6 Å². The first-order chi connectivity index (χ1) is 8.50. The summed E-state index contributed by atoms with van der Waals surface area (Å²) in [7, 11) is -3.45. The van der Waals surface area contributed by atoms with Gasteiger partial charge in [0.2, 0.25) is 14.2 Å². The van der Waals surface area contributed by atoms with Crippen molar-refractivity contribution in [1.82, 2.24) is 9.88 Å². The maximum atomic E-state index is 11.3. The highest BCUT2D eigenvalue weighted by Crippen LogP contribution is 2.20. The highest BCUT2D eigenvalue weighted by Gasteiger charge is 2.37. The molecule has 0 spiro atoms. The second kappa shape index (κ2) is 5.50. The molecular formula is C12H25N3O2Si2. The number of rotatable bonds is 3. The number of aliphatic imine (C=N–C) groups is 1. The molecule has 0 radical (unpaired) electrons. The van der Waals surface area contributed by atoms with Crippen LogP contribution < -0.4 is 5.32 Å². The fourth-order valence-electron chi connectivity index (χ4n) is 1.83. The Hall–Kier alpha value is -1.09. The topological polar surface area (TPSA) is 53.9 Å². The molecule has 1 aliphatic rings. The van der Waals surface area contributed by atoms with Gasteiger partial charge >= 0.3 is 0 Å². The minimum Gasteiger partial charge on any atom is -0.520 e. The highest BCUT2D eigenvalue weighted by molar-refractivity contribution is 6.76. The molecule has 0 saturated carbocycles. The van der Waals surface area contributed by atoms with E-state index in [0.29, 0.717) is 6.02 Å². The predicted molar refractivity (Wildman–Crippen MR) is 83.8 cm³/mol. The first-order valence-corrected chi connectivity index (χ1v) is 13.4. The molecule has 1 unspecified atom stereocenters. The van der Waals surface area contributed by atoms with Crippen LogP contribution in [0.25, 0.3) is 0 Å². The quantitative estimate of drug-likeness (QED) is 0.814. The number of carbonyl (C=O) groups is 1. The van der Waals surface area contributed by atoms with E-state index >= 15 is 0 Å². The van der Waals surface area contributed by atoms with Gasteiger partial charge in [0.1, 0.15) is 6.17 Å². The Balaban J connectivity index is 3.04. The highest BCUT2D eigenvalue weighted by atomic mass is 28.4. The molecule has 0 aromatic rings. The normalized spacial score (nSPS) is 20.1. The number of nitrogens with one attached hydrogen (secondary N) is 1. The minimum absolute atomic E-state index is 0.0489. The first kappa shape index (κ1) is 16.0. The molecule has 0 aromatic carbocycles. The zero-order valence-corrected chi connectivity index (χ0v) is 14.9. The Morgan fingerprint density at radius 2 is 1.89 bits per heavy atom. The number of hydrogen-bond donors (Lipinski definition) is 1. The second-order valence-corrected chi connectivity index (χ2v) is 15.9. The number of hydrogen-bond acceptors (Lipinski definition) is 4. The van der Waals surface area contributed by atoms with Crippen LogP contribution in [-0.4, -0.2) is 39.2 Å². The van der Waals surface area contributed by atoms with Gasteiger partial charge in [0, 0.05) is 13.1 Å². The standard InChI is InChI=1S/C12H25N3O2Si2/c1-10(16)14-11-8-9-13-12(17-19(5,6)7)15(11)18(2,3)4/h8-9,11H,1-7H3,(H,14,16). The lowest BCUT2D eigenvalue weighted by Gasteiger charge is -2.43. The lowest BCUT2D eigenvalue weighted by Crippen LogP contribution is -2.62. The summed E-state index contributed by atoms with van der Waals surface area (Å²) in [4.78, 5) is 15.7. The van der Waals surface area contributed by atoms with Gasteiger partial charge in [0.05, 0.1) is 0 Å². The molecule has 1 aliphatic heterocycles. The molecule has 1 heterocycles. The van der Waals surface area contributed by atoms with Crippen molar-refractivity contribution in [1.29, 1.82) is 0 Å². The largest absolute Gasteiger partial charge is 0.520 e. The molecule has 19 heavy (non-hydrogen) atoms. The SMILES string of the molecule is CC(=O)NC1C=CN=C(O[Si](C)(C)C)N1[Si](C)(C)C. The molecule has 1 atom stereocenters. The molecule has 1 rings (SSSR count). The third-order valence-corrected chi connectivity index (χ3v) is 5.12. The number of amides is 1. The smallest absolute Gasteiger partial charge is 0.271 e. The van der Waals surface area contributed by atoms with Gasteiger partial charge in [-0.2, -0.15) is 0 Å². The molecule has 7 heteroatoms. The van der Waals surface area contributed by atoms with Crippen molar-refractivity contribution in [2.24, 2.45) is 4.99 Å². The Kier molecular flexibility index (Phi) is 4.62. The van der Waals surface area contributed by atoms with E-state index in [1.54, 1.807) is 6.20 Å². The molecule has 1 N–H and O–H groups in total. The monoisotopic (exact) mass is 299 g/mol. The van der Waals surface area contributed by atoms with Gasteiger partial charge in [-0.1, -0.05) is 19.6 Å². The molecule has 0 fully saturated rings. The molecule has 5 nitrogen and oxygen atoms in total. The van der Waals surface area contributed by atoms with Crippen LogP contribution in [-0.2, 0) is 9.22 Å². The molecule has 0 saturated heterocycles. The lowest BCUT2D eigenvalue weighted by molar-refractivity contribution is -0.119. The van der Waals surface area contributed by atoms with E-state index in [1.807, 2.05) is 6.08 Å². The van der Waals surface area contributed by atoms with Gasteiger partial charge in [0.15, 0.2) is 8.24 Å². The summed E-state index contributed by atoms with van der Waals surface area (Å²) >= 11 is 0. The molecule has 0 aromatic heterocycles. The Bertz CT molecular complexity index is 408. The van der Waals surface area contributed by atoms with E-state index in [9.17, 15) is 4.79 Å². The summed E-state index contributed by atoms with van der Waals surface area (Å²) in [6.07, 6.45) is 3.46. The average molecular weight is 300 g/mol. The van der Waals surface area contributed by atoms with Crippen LogP contribution >= 0.6 is 0 Å². The van der Waals surface area contributed by atoms with Crippen molar-refractivity contribution in [3.05, 3.63) is 12.3 Å². The van der Waals surface area contributed by atoms with Crippen molar-refractivity contribution in [3.8, 4) is 0 Å². The van der Waals surface area contributed by atoms with Crippen LogP contribution in [0.3, 0.4) is 0 Å². The summed E-state index contributed by atoms with van der Waals surface area (Å²) < 4.78 is 8.22. The fraction of sp³-hybridized carbons (Fsp3) is 0.667. The van der Waals surface area contributed by atoms with Gasteiger partial charge in [-0.3, -0.25) is 4.79 Å². The Morgan fingerprint density at radius 3 is 2.32 bits per heavy atom. The summed E-state index contributed by atoms with van der Waals surface area (Å²) in [6.45, 7) is 14.6. The number of nitrogens with zero attached hydrogens (tertiary/aromatic N) is 2. The lowest BCUT2D eigenvalue weighted by atomic mass is 10.4. The maximum absolute atomic E-state index is 11.3. The minimum atomic E-state index is -1.73. The maximum Gasteiger partial charge on any atom is 0.271 e. The van der Waals surface area contributed by atoms with Crippen molar-refractivity contribution in [2.75, 3.05) is 0 Å². The zero-order valence-electron chi connectivity index (χ0n) is 12.9. The third kappa shape index (κ3) is 4.83. The van der Waals surface area contributed by atoms with E-state index in [2.05, 4.69) is 54.2 Å². The van der Waals surface area contributed by atoms with Crippen molar-refractivity contribution in [2.45, 2.75) is 52.4 Å². The Labute approximate surface area is 118 Å². The van der Waals surface area contributed by atoms with Gasteiger partial charge in [-0.05, 0) is 25.7 Å². The number of carbonyl (C=O) groups excluding carboxylic acids is 1. The van der Waals surface area contributed by atoms with Crippen LogP contribution in [0.5, 0.6) is 0 Å². The molecule has 108 valence electrons. The summed E-state index contributed by atoms with van der Waals surface area (Å²) in [5.41, 5.74) is 0. The summed E-state index contributed by atoms with van der Waals surface area (Å²) in [5.74, 6) is -0.0489. The van der Waals surface area contributed by atoms with E-state index in [4.69, 9.17) is 4.43 Å². The fourth-order valence-corrected chi connectivity index (χ4v) is 4.28. The van der Waals surface area contributed by atoms with Gasteiger partial charge in [0.25, 0.3) is 6.02 Å². The van der Waals surface area contributed by atoms with Gasteiger partial charge < -0.3 is 14.3 Å². The van der Waals surface area contributed by atoms with Crippen LogP contribution in [0.15, 0.2) is 17.3 Å². The van der Waals surface area contributed by atoms with Gasteiger partial charge in [-0.25, -0.2) is 4.99 Å². The van der Waals surface area contributed by atoms with E-state index in [0.717, 1.165) is 0 Å². The van der Waals surface area contributed by atoms with Crippen LogP contribution in [0.2, 0.25) is 39.3 Å². The van der Waals surface area contributed by atoms with Crippen molar-refractivity contribution >= 4 is 28.5 Å². The summed E-state index contributed by atoms with van der Waals surface area (Å²) in [6, 6.07) is 0.652. The molecule has 1 amide bonds. The summed E-state index contributed by atoms with van der Waals surface area (Å²) in [5, 5.41) is 2.94. The molecule has 0 aliphatic carbocycles. The predicted octanol–water partition coefficient (Wildman–Crippen LogP) is 2.32. The second-order valence-electron chi connectivity index (χ2n) is 6.65. The zero-order chi connectivity index (χ0) is 14.8. The van der Waals surface area contributed by atoms with Crippen LogP contribution in [0.4, 0.5) is 0 Å². The molecule has 0 bridgehead atoms. The van der Waals surface area contributed by atoms with Crippen LogP contribution in [0, 0.1) is 0 Å². The average Bonchev–Trinajstić information content (AvgIpc) is 2.11. The molecular weight excluding hydrogens is 274 g/mol. The van der Waals surface area contributed by atoms with E-state index in [1.165, 1.54) is 6.92 Å².